The van der Waals surface area contributed by atoms with Crippen molar-refractivity contribution in [1.29, 1.82) is 0 Å². The molecule has 3 saturated heterocycles. The Morgan fingerprint density at radius 1 is 1.03 bits per heavy atom. The fraction of sp³-hybridized carbons (Fsp3) is 0.700. The highest BCUT2D eigenvalue weighted by Crippen LogP contribution is 2.42. The van der Waals surface area contributed by atoms with Gasteiger partial charge in [-0.25, -0.2) is 0 Å². The molecule has 1 N–H and O–H groups in total. The number of nitrogens with zero attached hydrogens (tertiary/aromatic N) is 3. The van der Waals surface area contributed by atoms with Gasteiger partial charge in [0.1, 0.15) is 18.7 Å². The summed E-state index contributed by atoms with van der Waals surface area (Å²) in [7, 11) is 0. The highest BCUT2D eigenvalue weighted by molar-refractivity contribution is 5.99. The van der Waals surface area contributed by atoms with E-state index in [1.54, 1.807) is 4.90 Å². The molecule has 0 aromatic heterocycles. The predicted molar refractivity (Wildman–Crippen MR) is 149 cm³/mol. The molecule has 0 radical (unpaired) electrons. The zero-order chi connectivity index (χ0) is 27.8. The predicted octanol–water partition coefficient (Wildman–Crippen LogP) is 3.20. The molecule has 3 aliphatic heterocycles. The van der Waals surface area contributed by atoms with Crippen molar-refractivity contribution in [3.63, 3.8) is 0 Å². The average molecular weight is 527 g/mol. The maximum absolute atomic E-state index is 14.1. The smallest absolute Gasteiger partial charge is 0.251 e. The van der Waals surface area contributed by atoms with Gasteiger partial charge >= 0.3 is 0 Å². The lowest BCUT2D eigenvalue weighted by molar-refractivity contribution is -0.140. The van der Waals surface area contributed by atoms with Crippen LogP contribution in [-0.4, -0.2) is 91.5 Å². The number of ketones is 1. The normalized spacial score (nSPS) is 25.4. The van der Waals surface area contributed by atoms with Crippen LogP contribution in [0.3, 0.4) is 0 Å². The SMILES string of the molecule is CCN1CCN(c2ccc(C(=O)N[C@H](C(=O)N3C[C@@H](C(C)(C)C)[C@H]4OCC(=O)[C@H]43)C(C)(C)CC)cc2)CC1. The molecule has 8 nitrogen and oxygen atoms in total. The third kappa shape index (κ3) is 5.62. The van der Waals surface area contributed by atoms with E-state index in [4.69, 9.17) is 4.74 Å². The molecule has 4 rings (SSSR count). The van der Waals surface area contributed by atoms with Gasteiger partial charge < -0.3 is 24.8 Å². The molecule has 4 atom stereocenters. The number of likely N-dealkylation sites (N-methyl/N-ethyl adjacent to an activating group) is 1. The highest BCUT2D eigenvalue weighted by atomic mass is 16.5. The van der Waals surface area contributed by atoms with E-state index in [-0.39, 0.29) is 41.6 Å². The number of benzene rings is 1. The highest BCUT2D eigenvalue weighted by Gasteiger charge is 2.56. The Labute approximate surface area is 228 Å². The van der Waals surface area contributed by atoms with Crippen molar-refractivity contribution in [1.82, 2.24) is 15.1 Å². The standard InChI is InChI=1S/C30H46N4O4/c1-8-30(6,7)26(28(37)34-18-22(29(3,4)5)25-24(34)23(35)19-38-25)31-27(36)20-10-12-21(13-11-20)33-16-14-32(9-2)15-17-33/h10-13,22,24-26H,8-9,14-19H2,1-7H3,(H,31,36)/t22-,24-,25-,26-/m1/s1. The number of ether oxygens (including phenoxy) is 1. The number of carbonyl (C=O) groups is 3. The summed E-state index contributed by atoms with van der Waals surface area (Å²) in [6.45, 7) is 20.1. The minimum atomic E-state index is -0.755. The van der Waals surface area contributed by atoms with Crippen LogP contribution in [0.1, 0.15) is 65.2 Å². The fourth-order valence-corrected chi connectivity index (χ4v) is 5.97. The number of amides is 2. The number of rotatable bonds is 7. The van der Waals surface area contributed by atoms with Crippen LogP contribution in [0, 0.1) is 16.7 Å². The van der Waals surface area contributed by atoms with Gasteiger partial charge in [-0.3, -0.25) is 14.4 Å². The zero-order valence-electron chi connectivity index (χ0n) is 24.3. The third-order valence-corrected chi connectivity index (χ3v) is 9.11. The van der Waals surface area contributed by atoms with Gasteiger partial charge in [-0.05, 0) is 48.1 Å². The Hall–Kier alpha value is -2.45. The molecular formula is C30H46N4O4. The van der Waals surface area contributed by atoms with Crippen LogP contribution in [0.4, 0.5) is 5.69 Å². The molecule has 1 aromatic carbocycles. The Balaban J connectivity index is 1.51. The molecule has 8 heteroatoms. The first-order valence-electron chi connectivity index (χ1n) is 14.2. The van der Waals surface area contributed by atoms with Crippen molar-refractivity contribution in [2.75, 3.05) is 50.8 Å². The van der Waals surface area contributed by atoms with E-state index in [2.05, 4.69) is 42.8 Å². The summed E-state index contributed by atoms with van der Waals surface area (Å²) in [6.07, 6.45) is 0.404. The van der Waals surface area contributed by atoms with Crippen LogP contribution in [0.25, 0.3) is 0 Å². The molecule has 0 aliphatic carbocycles. The summed E-state index contributed by atoms with van der Waals surface area (Å²) in [5.41, 5.74) is 1.02. The molecule has 0 saturated carbocycles. The van der Waals surface area contributed by atoms with Crippen LogP contribution in [0.15, 0.2) is 24.3 Å². The summed E-state index contributed by atoms with van der Waals surface area (Å²) in [5, 5.41) is 3.06. The van der Waals surface area contributed by atoms with Crippen molar-refractivity contribution in [2.45, 2.75) is 73.1 Å². The molecule has 1 aromatic rings. The van der Waals surface area contributed by atoms with Gasteiger partial charge in [-0.15, -0.1) is 0 Å². The van der Waals surface area contributed by atoms with Crippen LogP contribution in [0.2, 0.25) is 0 Å². The molecule has 3 fully saturated rings. The van der Waals surface area contributed by atoms with Crippen LogP contribution < -0.4 is 10.2 Å². The Morgan fingerprint density at radius 2 is 1.66 bits per heavy atom. The van der Waals surface area contributed by atoms with E-state index in [0.29, 0.717) is 18.5 Å². The number of hydrogen-bond acceptors (Lipinski definition) is 6. The Bertz CT molecular complexity index is 1020. The lowest BCUT2D eigenvalue weighted by atomic mass is 9.78. The lowest BCUT2D eigenvalue weighted by Crippen LogP contribution is -2.57. The summed E-state index contributed by atoms with van der Waals surface area (Å²) < 4.78 is 5.89. The Morgan fingerprint density at radius 3 is 2.21 bits per heavy atom. The molecule has 3 heterocycles. The van der Waals surface area contributed by atoms with E-state index in [0.717, 1.165) is 38.4 Å². The van der Waals surface area contributed by atoms with E-state index >= 15 is 0 Å². The van der Waals surface area contributed by atoms with Crippen molar-refractivity contribution in [3.8, 4) is 0 Å². The first kappa shape index (κ1) is 28.6. The van der Waals surface area contributed by atoms with Crippen molar-refractivity contribution in [3.05, 3.63) is 29.8 Å². The van der Waals surface area contributed by atoms with E-state index in [9.17, 15) is 14.4 Å². The van der Waals surface area contributed by atoms with Crippen molar-refractivity contribution in [2.24, 2.45) is 16.7 Å². The second-order valence-electron chi connectivity index (χ2n) is 12.9. The number of piperazine rings is 1. The number of fused-ring (bicyclic) bond motifs is 1. The third-order valence-electron chi connectivity index (χ3n) is 9.11. The van der Waals surface area contributed by atoms with Crippen molar-refractivity contribution >= 4 is 23.3 Å². The van der Waals surface area contributed by atoms with E-state index in [1.165, 1.54) is 0 Å². The van der Waals surface area contributed by atoms with Gasteiger partial charge in [0.2, 0.25) is 5.91 Å². The van der Waals surface area contributed by atoms with Gasteiger partial charge in [-0.2, -0.15) is 0 Å². The van der Waals surface area contributed by atoms with Crippen molar-refractivity contribution < 1.29 is 19.1 Å². The van der Waals surface area contributed by atoms with Gasteiger partial charge in [0.15, 0.2) is 5.78 Å². The molecule has 2 amide bonds. The summed E-state index contributed by atoms with van der Waals surface area (Å²) in [4.78, 5) is 46.8. The number of nitrogens with one attached hydrogen (secondary N) is 1. The van der Waals surface area contributed by atoms with Gasteiger partial charge in [0.05, 0.1) is 6.10 Å². The molecule has 38 heavy (non-hydrogen) atoms. The molecule has 0 spiro atoms. The number of anilines is 1. The average Bonchev–Trinajstić information content (AvgIpc) is 3.47. The lowest BCUT2D eigenvalue weighted by Gasteiger charge is -2.37. The zero-order valence-corrected chi connectivity index (χ0v) is 24.3. The molecule has 0 bridgehead atoms. The maximum Gasteiger partial charge on any atom is 0.251 e. The van der Waals surface area contributed by atoms with E-state index < -0.39 is 17.5 Å². The summed E-state index contributed by atoms with van der Waals surface area (Å²) in [6, 6.07) is 6.33. The second-order valence-corrected chi connectivity index (χ2v) is 12.9. The molecule has 3 aliphatic rings. The molecular weight excluding hydrogens is 480 g/mol. The van der Waals surface area contributed by atoms with Crippen LogP contribution >= 0.6 is 0 Å². The van der Waals surface area contributed by atoms with Gasteiger partial charge in [0, 0.05) is 49.9 Å². The first-order chi connectivity index (χ1) is 17.9. The minimum absolute atomic E-state index is 0.0414. The fourth-order valence-electron chi connectivity index (χ4n) is 5.97. The van der Waals surface area contributed by atoms with Gasteiger partial charge in [-0.1, -0.05) is 48.5 Å². The second kappa shape index (κ2) is 11.0. The van der Waals surface area contributed by atoms with Gasteiger partial charge in [0.25, 0.3) is 5.91 Å². The maximum atomic E-state index is 14.1. The minimum Gasteiger partial charge on any atom is -0.369 e. The molecule has 210 valence electrons. The number of Topliss-reactive ketones (excluding diaryl/α,β-unsaturated/α-hetero) is 1. The first-order valence-corrected chi connectivity index (χ1v) is 14.2. The number of hydrogen-bond donors (Lipinski definition) is 1. The van der Waals surface area contributed by atoms with Crippen LogP contribution in [-0.2, 0) is 14.3 Å². The Kier molecular flexibility index (Phi) is 8.24. The summed E-state index contributed by atoms with van der Waals surface area (Å²) >= 11 is 0. The monoisotopic (exact) mass is 526 g/mol. The topological polar surface area (TPSA) is 82.2 Å². The molecule has 0 unspecified atom stereocenters. The van der Waals surface area contributed by atoms with Crippen LogP contribution in [0.5, 0.6) is 0 Å². The van der Waals surface area contributed by atoms with E-state index in [1.807, 2.05) is 45.0 Å². The number of likely N-dealkylation sites (tertiary alicyclic amines) is 1. The summed E-state index contributed by atoms with van der Waals surface area (Å²) in [5.74, 6) is -0.471. The largest absolute Gasteiger partial charge is 0.369 e. The number of carbonyl (C=O) groups excluding carboxylic acids is 3. The quantitative estimate of drug-likeness (QED) is 0.588.